The van der Waals surface area contributed by atoms with Crippen molar-refractivity contribution >= 4 is 40.9 Å². The molecule has 4 N–H and O–H groups in total. The van der Waals surface area contributed by atoms with Crippen LogP contribution in [0.25, 0.3) is 0 Å². The van der Waals surface area contributed by atoms with Crippen LogP contribution in [0.3, 0.4) is 0 Å². The van der Waals surface area contributed by atoms with Gasteiger partial charge < -0.3 is 16.4 Å². The number of nitrogens with two attached hydrogens (primary N) is 1. The lowest BCUT2D eigenvalue weighted by molar-refractivity contribution is -0.115. The molecular formula is C20H20F2N6OS. The first kappa shape index (κ1) is 21.4. The third kappa shape index (κ3) is 5.63. The lowest BCUT2D eigenvalue weighted by Gasteiger charge is -2.17. The van der Waals surface area contributed by atoms with E-state index in [1.807, 2.05) is 37.3 Å². The fourth-order valence-corrected chi connectivity index (χ4v) is 3.57. The number of hydrogen-bond donors (Lipinski definition) is 3. The van der Waals surface area contributed by atoms with Gasteiger partial charge in [-0.3, -0.25) is 4.79 Å². The molecule has 3 aromatic rings. The standard InChI is InChI=1S/C20H20F2N6OS/c1-11(30-12(2)18(29)25-16-9-8-13(21)10-15(16)22)17-26-19(23)28-20(27-17)24-14-6-4-3-5-7-14/h3-12H,1-2H3,(H,25,29)(H3,23,24,26,27,28). The molecule has 1 amide bonds. The number of nitrogens with one attached hydrogen (secondary N) is 2. The van der Waals surface area contributed by atoms with E-state index in [4.69, 9.17) is 5.73 Å². The van der Waals surface area contributed by atoms with Crippen LogP contribution < -0.4 is 16.4 Å². The highest BCUT2D eigenvalue weighted by Crippen LogP contribution is 2.31. The molecule has 0 saturated heterocycles. The zero-order chi connectivity index (χ0) is 21.7. The van der Waals surface area contributed by atoms with Crippen molar-refractivity contribution in [3.8, 4) is 0 Å². The van der Waals surface area contributed by atoms with Crippen LogP contribution in [-0.2, 0) is 4.79 Å². The van der Waals surface area contributed by atoms with Crippen LogP contribution in [0.15, 0.2) is 48.5 Å². The summed E-state index contributed by atoms with van der Waals surface area (Å²) in [5.74, 6) is -1.23. The number of hydrogen-bond acceptors (Lipinski definition) is 7. The molecule has 30 heavy (non-hydrogen) atoms. The number of para-hydroxylation sites is 1. The van der Waals surface area contributed by atoms with Crippen molar-refractivity contribution in [2.24, 2.45) is 0 Å². The number of carbonyl (C=O) groups excluding carboxylic acids is 1. The highest BCUT2D eigenvalue weighted by molar-refractivity contribution is 8.00. The van der Waals surface area contributed by atoms with Gasteiger partial charge in [0, 0.05) is 11.8 Å². The fraction of sp³-hybridized carbons (Fsp3) is 0.200. The molecule has 0 aliphatic carbocycles. The van der Waals surface area contributed by atoms with Gasteiger partial charge in [0.2, 0.25) is 17.8 Å². The maximum absolute atomic E-state index is 13.8. The first-order valence-electron chi connectivity index (χ1n) is 9.06. The number of carbonyl (C=O) groups is 1. The zero-order valence-corrected chi connectivity index (χ0v) is 17.1. The molecule has 2 atom stereocenters. The van der Waals surface area contributed by atoms with E-state index < -0.39 is 22.8 Å². The van der Waals surface area contributed by atoms with Gasteiger partial charge in [-0.25, -0.2) is 8.78 Å². The first-order valence-corrected chi connectivity index (χ1v) is 10.0. The molecule has 2 unspecified atom stereocenters. The summed E-state index contributed by atoms with van der Waals surface area (Å²) in [5.41, 5.74) is 6.52. The highest BCUT2D eigenvalue weighted by atomic mass is 32.2. The molecule has 2 aromatic carbocycles. The van der Waals surface area contributed by atoms with Crippen LogP contribution in [0.2, 0.25) is 0 Å². The van der Waals surface area contributed by atoms with Gasteiger partial charge in [0.1, 0.15) is 17.5 Å². The number of aromatic nitrogens is 3. The summed E-state index contributed by atoms with van der Waals surface area (Å²) >= 11 is 1.27. The Morgan fingerprint density at radius 1 is 1.07 bits per heavy atom. The number of nitrogen functional groups attached to an aromatic ring is 1. The molecule has 0 radical (unpaired) electrons. The van der Waals surface area contributed by atoms with Crippen LogP contribution in [0.4, 0.5) is 32.1 Å². The average molecular weight is 430 g/mol. The summed E-state index contributed by atoms with van der Waals surface area (Å²) in [4.78, 5) is 25.0. The summed E-state index contributed by atoms with van der Waals surface area (Å²) < 4.78 is 26.8. The Morgan fingerprint density at radius 2 is 1.80 bits per heavy atom. The molecule has 0 bridgehead atoms. The summed E-state index contributed by atoms with van der Waals surface area (Å²) in [5, 5.41) is 4.65. The van der Waals surface area contributed by atoms with E-state index in [-0.39, 0.29) is 16.9 Å². The molecule has 3 rings (SSSR count). The van der Waals surface area contributed by atoms with Gasteiger partial charge >= 0.3 is 0 Å². The quantitative estimate of drug-likeness (QED) is 0.513. The van der Waals surface area contributed by atoms with Gasteiger partial charge in [-0.15, -0.1) is 11.8 Å². The van der Waals surface area contributed by atoms with Gasteiger partial charge in [0.15, 0.2) is 0 Å². The van der Waals surface area contributed by atoms with E-state index >= 15 is 0 Å². The van der Waals surface area contributed by atoms with Crippen molar-refractivity contribution in [1.82, 2.24) is 15.0 Å². The second-order valence-corrected chi connectivity index (χ2v) is 8.09. The smallest absolute Gasteiger partial charge is 0.237 e. The Morgan fingerprint density at radius 3 is 2.50 bits per heavy atom. The molecule has 0 fully saturated rings. The molecule has 0 saturated carbocycles. The topological polar surface area (TPSA) is 106 Å². The van der Waals surface area contributed by atoms with Gasteiger partial charge in [0.05, 0.1) is 16.2 Å². The summed E-state index contributed by atoms with van der Waals surface area (Å²) in [7, 11) is 0. The van der Waals surface area contributed by atoms with Gasteiger partial charge in [-0.1, -0.05) is 18.2 Å². The van der Waals surface area contributed by atoms with Crippen molar-refractivity contribution < 1.29 is 13.6 Å². The molecule has 156 valence electrons. The highest BCUT2D eigenvalue weighted by Gasteiger charge is 2.22. The van der Waals surface area contributed by atoms with Crippen molar-refractivity contribution in [2.75, 3.05) is 16.4 Å². The van der Waals surface area contributed by atoms with Crippen LogP contribution in [0.5, 0.6) is 0 Å². The average Bonchev–Trinajstić information content (AvgIpc) is 2.70. The van der Waals surface area contributed by atoms with Crippen molar-refractivity contribution in [3.63, 3.8) is 0 Å². The Labute approximate surface area is 176 Å². The second kappa shape index (κ2) is 9.49. The molecule has 7 nitrogen and oxygen atoms in total. The molecule has 0 aliphatic heterocycles. The third-order valence-electron chi connectivity index (χ3n) is 4.03. The number of amides is 1. The molecule has 10 heteroatoms. The summed E-state index contributed by atoms with van der Waals surface area (Å²) in [6, 6.07) is 12.3. The number of benzene rings is 2. The second-order valence-electron chi connectivity index (χ2n) is 6.40. The normalized spacial score (nSPS) is 12.8. The Balaban J connectivity index is 1.67. The van der Waals surface area contributed by atoms with Crippen molar-refractivity contribution in [2.45, 2.75) is 24.3 Å². The first-order chi connectivity index (χ1) is 14.3. The molecule has 0 aliphatic rings. The predicted octanol–water partition coefficient (Wildman–Crippen LogP) is 4.30. The van der Waals surface area contributed by atoms with E-state index in [0.717, 1.165) is 11.8 Å². The van der Waals surface area contributed by atoms with Gasteiger partial charge in [-0.2, -0.15) is 15.0 Å². The maximum atomic E-state index is 13.8. The van der Waals surface area contributed by atoms with Crippen molar-refractivity contribution in [1.29, 1.82) is 0 Å². The molecule has 1 aromatic heterocycles. The Kier molecular flexibility index (Phi) is 6.78. The van der Waals surface area contributed by atoms with E-state index in [9.17, 15) is 13.6 Å². The number of halogens is 2. The third-order valence-corrected chi connectivity index (χ3v) is 5.27. The molecular weight excluding hydrogens is 410 g/mol. The number of thioether (sulfide) groups is 1. The largest absolute Gasteiger partial charge is 0.368 e. The van der Waals surface area contributed by atoms with Crippen LogP contribution in [0, 0.1) is 11.6 Å². The SMILES string of the molecule is CC(SC(C)c1nc(N)nc(Nc2ccccc2)n1)C(=O)Nc1ccc(F)cc1F. The van der Waals surface area contributed by atoms with E-state index in [1.54, 1.807) is 6.92 Å². The van der Waals surface area contributed by atoms with E-state index in [0.29, 0.717) is 17.8 Å². The minimum absolute atomic E-state index is 0.0522. The monoisotopic (exact) mass is 430 g/mol. The Hall–Kier alpha value is -3.27. The van der Waals surface area contributed by atoms with Gasteiger partial charge in [-0.05, 0) is 38.1 Å². The van der Waals surface area contributed by atoms with Gasteiger partial charge in [0.25, 0.3) is 0 Å². The minimum atomic E-state index is -0.838. The summed E-state index contributed by atoms with van der Waals surface area (Å²) in [6.45, 7) is 3.50. The fourth-order valence-electron chi connectivity index (χ4n) is 2.55. The van der Waals surface area contributed by atoms with E-state index in [2.05, 4.69) is 25.6 Å². The maximum Gasteiger partial charge on any atom is 0.237 e. The lowest BCUT2D eigenvalue weighted by atomic mass is 10.3. The molecule has 0 spiro atoms. The zero-order valence-electron chi connectivity index (χ0n) is 16.3. The number of rotatable bonds is 7. The number of anilines is 4. The summed E-state index contributed by atoms with van der Waals surface area (Å²) in [6.07, 6.45) is 0. The van der Waals surface area contributed by atoms with Crippen LogP contribution in [-0.4, -0.2) is 26.1 Å². The lowest BCUT2D eigenvalue weighted by Crippen LogP contribution is -2.24. The number of nitrogens with zero attached hydrogens (tertiary/aromatic N) is 3. The van der Waals surface area contributed by atoms with Crippen molar-refractivity contribution in [3.05, 3.63) is 66.0 Å². The predicted molar refractivity (Wildman–Crippen MR) is 114 cm³/mol. The van der Waals surface area contributed by atoms with Crippen LogP contribution in [0.1, 0.15) is 24.9 Å². The van der Waals surface area contributed by atoms with E-state index in [1.165, 1.54) is 17.8 Å². The Bertz CT molecular complexity index is 1040. The molecule has 1 heterocycles. The van der Waals surface area contributed by atoms with Crippen LogP contribution >= 0.6 is 11.8 Å². The minimum Gasteiger partial charge on any atom is -0.368 e.